The molecule has 0 bridgehead atoms. The zero-order chi connectivity index (χ0) is 12.1. The quantitative estimate of drug-likeness (QED) is 0.671. The fraction of sp³-hybridized carbons (Fsp3) is 0.750. The van der Waals surface area contributed by atoms with Crippen molar-refractivity contribution in [3.8, 4) is 12.3 Å². The van der Waals surface area contributed by atoms with Gasteiger partial charge < -0.3 is 9.64 Å². The number of carbonyl (C=O) groups is 1. The molecule has 0 aliphatic rings. The third-order valence-electron chi connectivity index (χ3n) is 1.81. The molecule has 0 fully saturated rings. The number of hydrogen-bond acceptors (Lipinski definition) is 2. The van der Waals surface area contributed by atoms with Crippen LogP contribution in [0.4, 0.5) is 4.79 Å². The van der Waals surface area contributed by atoms with Crippen LogP contribution in [0.25, 0.3) is 0 Å². The van der Waals surface area contributed by atoms with Crippen molar-refractivity contribution in [1.29, 1.82) is 0 Å². The van der Waals surface area contributed by atoms with Gasteiger partial charge in [-0.05, 0) is 34.6 Å². The third-order valence-corrected chi connectivity index (χ3v) is 1.81. The van der Waals surface area contributed by atoms with Crippen molar-refractivity contribution in [2.45, 2.75) is 40.2 Å². The molecular weight excluding hydrogens is 190 g/mol. The molecule has 15 heavy (non-hydrogen) atoms. The smallest absolute Gasteiger partial charge is 0.410 e. The summed E-state index contributed by atoms with van der Waals surface area (Å²) < 4.78 is 5.25. The van der Waals surface area contributed by atoms with E-state index < -0.39 is 5.60 Å². The maximum absolute atomic E-state index is 11.7. The van der Waals surface area contributed by atoms with Crippen LogP contribution in [0.15, 0.2) is 0 Å². The monoisotopic (exact) mass is 211 g/mol. The molecule has 0 heterocycles. The molecule has 0 aromatic rings. The highest BCUT2D eigenvalue weighted by Crippen LogP contribution is 2.10. The van der Waals surface area contributed by atoms with Gasteiger partial charge in [0, 0.05) is 19.0 Å². The Morgan fingerprint density at radius 3 is 2.40 bits per heavy atom. The van der Waals surface area contributed by atoms with Crippen molar-refractivity contribution in [2.75, 3.05) is 13.1 Å². The van der Waals surface area contributed by atoms with Crippen LogP contribution in [-0.4, -0.2) is 29.7 Å². The molecule has 86 valence electrons. The minimum atomic E-state index is -0.454. The molecule has 0 saturated carbocycles. The Bertz CT molecular complexity index is 247. The molecule has 0 rings (SSSR count). The largest absolute Gasteiger partial charge is 0.444 e. The van der Waals surface area contributed by atoms with Crippen molar-refractivity contribution < 1.29 is 9.53 Å². The van der Waals surface area contributed by atoms with Gasteiger partial charge in [0.05, 0.1) is 0 Å². The van der Waals surface area contributed by atoms with Crippen molar-refractivity contribution in [3.05, 3.63) is 0 Å². The molecule has 0 aromatic heterocycles. The Hall–Kier alpha value is -1.17. The van der Waals surface area contributed by atoms with E-state index in [0.29, 0.717) is 13.1 Å². The average molecular weight is 211 g/mol. The maximum Gasteiger partial charge on any atom is 0.410 e. The highest BCUT2D eigenvalue weighted by atomic mass is 16.6. The zero-order valence-corrected chi connectivity index (χ0v) is 10.3. The van der Waals surface area contributed by atoms with E-state index in [2.05, 4.69) is 5.92 Å². The number of rotatable bonds is 3. The number of carbonyl (C=O) groups excluding carboxylic acids is 1. The molecule has 0 radical (unpaired) electrons. The molecule has 0 aliphatic carbocycles. The SMILES string of the molecule is C#CC(C)CN(CC)C(=O)OC(C)(C)C. The summed E-state index contributed by atoms with van der Waals surface area (Å²) in [6, 6.07) is 0. The van der Waals surface area contributed by atoms with Gasteiger partial charge in [0.15, 0.2) is 0 Å². The minimum absolute atomic E-state index is 0.0532. The Labute approximate surface area is 92.8 Å². The molecule has 3 heteroatoms. The summed E-state index contributed by atoms with van der Waals surface area (Å²) in [6.07, 6.45) is 4.97. The summed E-state index contributed by atoms with van der Waals surface area (Å²) in [5.74, 6) is 2.65. The van der Waals surface area contributed by atoms with Gasteiger partial charge in [0.25, 0.3) is 0 Å². The standard InChI is InChI=1S/C12H21NO2/c1-7-10(3)9-13(8-2)11(14)15-12(4,5)6/h1,10H,8-9H2,2-6H3. The average Bonchev–Trinajstić information content (AvgIpc) is 2.10. The van der Waals surface area contributed by atoms with Crippen LogP contribution in [0.2, 0.25) is 0 Å². The Morgan fingerprint density at radius 1 is 1.53 bits per heavy atom. The van der Waals surface area contributed by atoms with E-state index in [9.17, 15) is 4.79 Å². The van der Waals surface area contributed by atoms with Gasteiger partial charge in [-0.3, -0.25) is 0 Å². The molecule has 0 N–H and O–H groups in total. The predicted octanol–water partition coefficient (Wildman–Crippen LogP) is 2.51. The molecule has 0 aromatic carbocycles. The second kappa shape index (κ2) is 5.65. The van der Waals surface area contributed by atoms with Gasteiger partial charge in [0.1, 0.15) is 5.60 Å². The first-order valence-electron chi connectivity index (χ1n) is 5.24. The molecular formula is C12H21NO2. The molecule has 1 atom stereocenters. The van der Waals surface area contributed by atoms with Crippen molar-refractivity contribution in [2.24, 2.45) is 5.92 Å². The summed E-state index contributed by atoms with van der Waals surface area (Å²) in [6.45, 7) is 10.5. The first kappa shape index (κ1) is 13.8. The van der Waals surface area contributed by atoms with Gasteiger partial charge in [-0.15, -0.1) is 12.3 Å². The molecule has 3 nitrogen and oxygen atoms in total. The van der Waals surface area contributed by atoms with Crippen LogP contribution < -0.4 is 0 Å². The zero-order valence-electron chi connectivity index (χ0n) is 10.3. The van der Waals surface area contributed by atoms with Crippen LogP contribution in [0.3, 0.4) is 0 Å². The van der Waals surface area contributed by atoms with Crippen LogP contribution in [-0.2, 0) is 4.74 Å². The van der Waals surface area contributed by atoms with Crippen LogP contribution >= 0.6 is 0 Å². The lowest BCUT2D eigenvalue weighted by molar-refractivity contribution is 0.0247. The number of ether oxygens (including phenoxy) is 1. The number of amides is 1. The van der Waals surface area contributed by atoms with Gasteiger partial charge >= 0.3 is 6.09 Å². The number of hydrogen-bond donors (Lipinski definition) is 0. The van der Waals surface area contributed by atoms with Gasteiger partial charge in [0.2, 0.25) is 0 Å². The summed E-state index contributed by atoms with van der Waals surface area (Å²) in [5, 5.41) is 0. The molecule has 1 unspecified atom stereocenters. The second-order valence-electron chi connectivity index (χ2n) is 4.59. The van der Waals surface area contributed by atoms with Crippen molar-refractivity contribution in [1.82, 2.24) is 4.90 Å². The lowest BCUT2D eigenvalue weighted by Gasteiger charge is -2.27. The van der Waals surface area contributed by atoms with Crippen molar-refractivity contribution >= 4 is 6.09 Å². The highest BCUT2D eigenvalue weighted by Gasteiger charge is 2.21. The van der Waals surface area contributed by atoms with Crippen molar-refractivity contribution in [3.63, 3.8) is 0 Å². The first-order valence-corrected chi connectivity index (χ1v) is 5.24. The van der Waals surface area contributed by atoms with E-state index in [0.717, 1.165) is 0 Å². The highest BCUT2D eigenvalue weighted by molar-refractivity contribution is 5.68. The van der Waals surface area contributed by atoms with E-state index in [4.69, 9.17) is 11.2 Å². The molecule has 0 saturated heterocycles. The fourth-order valence-electron chi connectivity index (χ4n) is 1.04. The fourth-order valence-corrected chi connectivity index (χ4v) is 1.04. The first-order chi connectivity index (χ1) is 6.80. The summed E-state index contributed by atoms with van der Waals surface area (Å²) in [7, 11) is 0. The second-order valence-corrected chi connectivity index (χ2v) is 4.59. The van der Waals surface area contributed by atoms with E-state index >= 15 is 0 Å². The Balaban J connectivity index is 4.30. The van der Waals surface area contributed by atoms with Crippen LogP contribution in [0.1, 0.15) is 34.6 Å². The van der Waals surface area contributed by atoms with E-state index in [1.807, 2.05) is 34.6 Å². The van der Waals surface area contributed by atoms with Crippen LogP contribution in [0.5, 0.6) is 0 Å². The predicted molar refractivity (Wildman–Crippen MR) is 61.5 cm³/mol. The number of terminal acetylenes is 1. The lowest BCUT2D eigenvalue weighted by atomic mass is 10.2. The summed E-state index contributed by atoms with van der Waals surface area (Å²) >= 11 is 0. The summed E-state index contributed by atoms with van der Waals surface area (Å²) in [4.78, 5) is 13.3. The van der Waals surface area contributed by atoms with E-state index in [1.54, 1.807) is 4.90 Å². The molecule has 1 amide bonds. The molecule has 0 spiro atoms. The maximum atomic E-state index is 11.7. The van der Waals surface area contributed by atoms with Gasteiger partial charge in [-0.2, -0.15) is 0 Å². The van der Waals surface area contributed by atoms with E-state index in [1.165, 1.54) is 0 Å². The lowest BCUT2D eigenvalue weighted by Crippen LogP contribution is -2.38. The third kappa shape index (κ3) is 6.01. The summed E-state index contributed by atoms with van der Waals surface area (Å²) in [5.41, 5.74) is -0.454. The normalized spacial score (nSPS) is 12.8. The van der Waals surface area contributed by atoms with Crippen LogP contribution in [0, 0.1) is 18.3 Å². The van der Waals surface area contributed by atoms with E-state index in [-0.39, 0.29) is 12.0 Å². The minimum Gasteiger partial charge on any atom is -0.444 e. The Kier molecular flexibility index (Phi) is 5.21. The van der Waals surface area contributed by atoms with Gasteiger partial charge in [-0.25, -0.2) is 4.79 Å². The van der Waals surface area contributed by atoms with Gasteiger partial charge in [-0.1, -0.05) is 0 Å². The number of nitrogens with zero attached hydrogens (tertiary/aromatic N) is 1. The topological polar surface area (TPSA) is 29.5 Å². The Morgan fingerprint density at radius 2 is 2.07 bits per heavy atom. The molecule has 0 aliphatic heterocycles.